The van der Waals surface area contributed by atoms with Gasteiger partial charge >= 0.3 is 0 Å². The first-order chi connectivity index (χ1) is 7.72. The van der Waals surface area contributed by atoms with Crippen LogP contribution in [0.5, 0.6) is 0 Å². The minimum Gasteiger partial charge on any atom is -0.366 e. The van der Waals surface area contributed by atoms with Crippen LogP contribution in [0, 0.1) is 0 Å². The number of benzene rings is 1. The van der Waals surface area contributed by atoms with E-state index in [1.165, 1.54) is 17.2 Å². The van der Waals surface area contributed by atoms with Gasteiger partial charge in [-0.3, -0.25) is 0 Å². The lowest BCUT2D eigenvalue weighted by Crippen LogP contribution is -2.40. The zero-order valence-corrected chi connectivity index (χ0v) is 12.4. The van der Waals surface area contributed by atoms with E-state index in [0.29, 0.717) is 11.9 Å². The lowest BCUT2D eigenvalue weighted by atomic mass is 10.2. The van der Waals surface area contributed by atoms with Gasteiger partial charge in [-0.05, 0) is 40.5 Å². The summed E-state index contributed by atoms with van der Waals surface area (Å²) in [6, 6.07) is 7.02. The first-order valence-electron chi connectivity index (χ1n) is 5.41. The van der Waals surface area contributed by atoms with Gasteiger partial charge in [0.1, 0.15) is 0 Å². The summed E-state index contributed by atoms with van der Waals surface area (Å²) in [4.78, 5) is 2.47. The molecule has 16 heavy (non-hydrogen) atoms. The predicted molar refractivity (Wildman–Crippen MR) is 77.8 cm³/mol. The van der Waals surface area contributed by atoms with Gasteiger partial charge in [0.2, 0.25) is 0 Å². The molecule has 1 fully saturated rings. The predicted octanol–water partition coefficient (Wildman–Crippen LogP) is 4.13. The summed E-state index contributed by atoms with van der Waals surface area (Å²) in [6.45, 7) is 3.42. The third kappa shape index (κ3) is 2.69. The number of hydrogen-bond donors (Lipinski definition) is 0. The molecule has 0 radical (unpaired) electrons. The second kappa shape index (κ2) is 5.65. The summed E-state index contributed by atoms with van der Waals surface area (Å²) in [5, 5.41) is 0. The van der Waals surface area contributed by atoms with Crippen molar-refractivity contribution < 1.29 is 0 Å². The van der Waals surface area contributed by atoms with Gasteiger partial charge in [0.25, 0.3) is 0 Å². The van der Waals surface area contributed by atoms with Crippen LogP contribution in [-0.2, 0) is 5.88 Å². The van der Waals surface area contributed by atoms with Gasteiger partial charge in [-0.2, -0.15) is 11.8 Å². The standard InChI is InChI=1S/C12H15BrClNS/c1-9-8-16-5-4-15(9)12-3-2-10(7-14)6-11(12)13/h2-3,6,9H,4-5,7-8H2,1H3. The van der Waals surface area contributed by atoms with Crippen LogP contribution in [-0.4, -0.2) is 24.1 Å². The normalized spacial score (nSPS) is 21.2. The Balaban J connectivity index is 2.25. The van der Waals surface area contributed by atoms with E-state index in [9.17, 15) is 0 Å². The molecule has 0 N–H and O–H groups in total. The lowest BCUT2D eigenvalue weighted by molar-refractivity contribution is 0.698. The van der Waals surface area contributed by atoms with Crippen LogP contribution >= 0.6 is 39.3 Å². The molecule has 1 aliphatic rings. The number of rotatable bonds is 2. The maximum atomic E-state index is 5.83. The Morgan fingerprint density at radius 1 is 1.56 bits per heavy atom. The van der Waals surface area contributed by atoms with E-state index in [2.05, 4.69) is 46.0 Å². The van der Waals surface area contributed by atoms with Crippen molar-refractivity contribution in [3.05, 3.63) is 28.2 Å². The van der Waals surface area contributed by atoms with Crippen molar-refractivity contribution >= 4 is 45.0 Å². The third-order valence-electron chi connectivity index (χ3n) is 2.84. The molecule has 1 saturated heterocycles. The third-order valence-corrected chi connectivity index (χ3v) is 4.98. The molecule has 0 bridgehead atoms. The number of anilines is 1. The molecule has 4 heteroatoms. The molecule has 0 saturated carbocycles. The van der Waals surface area contributed by atoms with E-state index < -0.39 is 0 Å². The molecule has 1 heterocycles. The average molecular weight is 321 g/mol. The Morgan fingerprint density at radius 3 is 3.00 bits per heavy atom. The number of alkyl halides is 1. The van der Waals surface area contributed by atoms with Crippen LogP contribution < -0.4 is 4.90 Å². The van der Waals surface area contributed by atoms with Crippen molar-refractivity contribution in [3.63, 3.8) is 0 Å². The highest BCUT2D eigenvalue weighted by Crippen LogP contribution is 2.31. The van der Waals surface area contributed by atoms with Crippen molar-refractivity contribution in [1.29, 1.82) is 0 Å². The fourth-order valence-corrected chi connectivity index (χ4v) is 3.79. The van der Waals surface area contributed by atoms with E-state index in [4.69, 9.17) is 11.6 Å². The zero-order chi connectivity index (χ0) is 11.5. The molecule has 1 aliphatic heterocycles. The molecule has 88 valence electrons. The average Bonchev–Trinajstić information content (AvgIpc) is 2.30. The van der Waals surface area contributed by atoms with Gasteiger partial charge in [0.15, 0.2) is 0 Å². The van der Waals surface area contributed by atoms with E-state index in [-0.39, 0.29) is 0 Å². The molecule has 1 nitrogen and oxygen atoms in total. The van der Waals surface area contributed by atoms with Crippen molar-refractivity contribution in [2.24, 2.45) is 0 Å². The summed E-state index contributed by atoms with van der Waals surface area (Å²) in [5.41, 5.74) is 2.46. The molecule has 0 amide bonds. The topological polar surface area (TPSA) is 3.24 Å². The molecule has 1 atom stereocenters. The van der Waals surface area contributed by atoms with Crippen LogP contribution in [0.3, 0.4) is 0 Å². The van der Waals surface area contributed by atoms with Crippen molar-refractivity contribution in [3.8, 4) is 0 Å². The Morgan fingerprint density at radius 2 is 2.38 bits per heavy atom. The lowest BCUT2D eigenvalue weighted by Gasteiger charge is -2.35. The molecule has 0 spiro atoms. The summed E-state index contributed by atoms with van der Waals surface area (Å²) in [7, 11) is 0. The summed E-state index contributed by atoms with van der Waals surface area (Å²) >= 11 is 11.5. The largest absolute Gasteiger partial charge is 0.366 e. The smallest absolute Gasteiger partial charge is 0.0513 e. The molecular weight excluding hydrogens is 306 g/mol. The van der Waals surface area contributed by atoms with Crippen LogP contribution in [0.2, 0.25) is 0 Å². The SMILES string of the molecule is CC1CSCCN1c1ccc(CCl)cc1Br. The highest BCUT2D eigenvalue weighted by Gasteiger charge is 2.20. The fourth-order valence-electron chi connectivity index (χ4n) is 1.95. The second-order valence-electron chi connectivity index (χ2n) is 4.04. The maximum absolute atomic E-state index is 5.83. The molecule has 1 aromatic rings. The van der Waals surface area contributed by atoms with Crippen LogP contribution in [0.4, 0.5) is 5.69 Å². The van der Waals surface area contributed by atoms with Gasteiger partial charge < -0.3 is 4.90 Å². The number of nitrogens with zero attached hydrogens (tertiary/aromatic N) is 1. The Hall–Kier alpha value is 0.140. The summed E-state index contributed by atoms with van der Waals surface area (Å²) in [5.74, 6) is 3.00. The van der Waals surface area contributed by atoms with Crippen molar-refractivity contribution in [2.75, 3.05) is 23.0 Å². The van der Waals surface area contributed by atoms with Crippen LogP contribution in [0.25, 0.3) is 0 Å². The van der Waals surface area contributed by atoms with Crippen LogP contribution in [0.1, 0.15) is 12.5 Å². The van der Waals surface area contributed by atoms with Gasteiger partial charge in [-0.25, -0.2) is 0 Å². The minimum absolute atomic E-state index is 0.574. The Labute approximate surface area is 115 Å². The Kier molecular flexibility index (Phi) is 4.45. The zero-order valence-electron chi connectivity index (χ0n) is 9.25. The van der Waals surface area contributed by atoms with Gasteiger partial charge in [0, 0.05) is 34.4 Å². The summed E-state index contributed by atoms with van der Waals surface area (Å²) in [6.07, 6.45) is 0. The first kappa shape index (κ1) is 12.6. The van der Waals surface area contributed by atoms with Crippen LogP contribution in [0.15, 0.2) is 22.7 Å². The Bertz CT molecular complexity index is 372. The highest BCUT2D eigenvalue weighted by atomic mass is 79.9. The number of thioether (sulfide) groups is 1. The number of halogens is 2. The van der Waals surface area contributed by atoms with Gasteiger partial charge in [0.05, 0.1) is 5.69 Å². The van der Waals surface area contributed by atoms with Crippen molar-refractivity contribution in [2.45, 2.75) is 18.8 Å². The summed E-state index contributed by atoms with van der Waals surface area (Å²) < 4.78 is 1.16. The highest BCUT2D eigenvalue weighted by molar-refractivity contribution is 9.10. The molecule has 0 aliphatic carbocycles. The molecule has 0 aromatic heterocycles. The monoisotopic (exact) mass is 319 g/mol. The van der Waals surface area contributed by atoms with Gasteiger partial charge in [-0.15, -0.1) is 11.6 Å². The fraction of sp³-hybridized carbons (Fsp3) is 0.500. The first-order valence-corrected chi connectivity index (χ1v) is 7.89. The number of hydrogen-bond acceptors (Lipinski definition) is 2. The molecule has 1 aromatic carbocycles. The molecule has 1 unspecified atom stereocenters. The van der Waals surface area contributed by atoms with E-state index in [1.807, 2.05) is 11.8 Å². The van der Waals surface area contributed by atoms with E-state index in [0.717, 1.165) is 16.6 Å². The minimum atomic E-state index is 0.574. The molecular formula is C12H15BrClNS. The quantitative estimate of drug-likeness (QED) is 0.754. The maximum Gasteiger partial charge on any atom is 0.0513 e. The second-order valence-corrected chi connectivity index (χ2v) is 6.31. The van der Waals surface area contributed by atoms with E-state index >= 15 is 0 Å². The van der Waals surface area contributed by atoms with Gasteiger partial charge in [-0.1, -0.05) is 6.07 Å². The molecule has 2 rings (SSSR count). The van der Waals surface area contributed by atoms with E-state index in [1.54, 1.807) is 0 Å². The van der Waals surface area contributed by atoms with Crippen molar-refractivity contribution in [1.82, 2.24) is 0 Å².